The van der Waals surface area contributed by atoms with E-state index in [4.69, 9.17) is 10.3 Å². The number of fused-ring (bicyclic) bond motifs is 3. The first kappa shape index (κ1) is 27.6. The van der Waals surface area contributed by atoms with Crippen molar-refractivity contribution in [1.29, 1.82) is 5.53 Å². The van der Waals surface area contributed by atoms with Gasteiger partial charge < -0.3 is 30.5 Å². The number of Topliss-reactive ketones (excluding diaryl/α,β-unsaturated/α-hetero) is 2. The molecule has 0 bridgehead atoms. The number of nitrogens with one attached hydrogen (secondary N) is 2. The van der Waals surface area contributed by atoms with Gasteiger partial charge in [-0.1, -0.05) is 13.0 Å². The van der Waals surface area contributed by atoms with E-state index in [1.54, 1.807) is 6.92 Å². The molecule has 1 amide bonds. The molecule has 3 aliphatic carbocycles. The van der Waals surface area contributed by atoms with Gasteiger partial charge in [0.25, 0.3) is 5.91 Å². The molecule has 0 radical (unpaired) electrons. The van der Waals surface area contributed by atoms with Gasteiger partial charge in [0.15, 0.2) is 27.9 Å². The topological polar surface area (TPSA) is 224 Å². The molecule has 3 aliphatic rings. The standard InChI is InChI=1S/C25H27N5O9/c1-8-10-6-7-11(28-29-26)18(32)13(10)19(33)14-12(8)21(39-9(2)31)16-17(30(4)5)20(34)15(24(37)27-3)23(36)25(16,38)22(14)35/h6-8,12,16-17,21,26,38H,1-5H3,(H3,27,33,34,35,36,37)/p+1. The first-order valence-corrected chi connectivity index (χ1v) is 11.9. The summed E-state index contributed by atoms with van der Waals surface area (Å²) in [7, 11) is 4.12. The number of rotatable bonds is 4. The van der Waals surface area contributed by atoms with Crippen LogP contribution in [0.3, 0.4) is 0 Å². The number of carbonyl (C=O) groups excluding carboxylic acids is 4. The molecule has 0 aliphatic heterocycles. The number of aliphatic hydroxyl groups excluding tert-OH is 2. The fourth-order valence-corrected chi connectivity index (χ4v) is 6.15. The Kier molecular flexibility index (Phi) is 6.67. The molecular weight excluding hydrogens is 514 g/mol. The molecule has 1 saturated carbocycles. The van der Waals surface area contributed by atoms with Gasteiger partial charge >= 0.3 is 5.97 Å². The summed E-state index contributed by atoms with van der Waals surface area (Å²) in [6, 6.07) is 1.43. The summed E-state index contributed by atoms with van der Waals surface area (Å²) in [4.78, 5) is 56.9. The monoisotopic (exact) mass is 542 g/mol. The van der Waals surface area contributed by atoms with Crippen LogP contribution >= 0.6 is 0 Å². The molecule has 0 aromatic heterocycles. The highest BCUT2D eigenvalue weighted by molar-refractivity contribution is 6.25. The Hall–Kier alpha value is -4.39. The maximum absolute atomic E-state index is 14.2. The highest BCUT2D eigenvalue weighted by atomic mass is 16.5. The molecule has 14 nitrogen and oxygen atoms in total. The predicted octanol–water partition coefficient (Wildman–Crippen LogP) is 0.509. The zero-order chi connectivity index (χ0) is 29.1. The lowest BCUT2D eigenvalue weighted by Gasteiger charge is -2.54. The number of carbonyl (C=O) groups is 4. The van der Waals surface area contributed by atoms with Crippen molar-refractivity contribution in [1.82, 2.24) is 15.1 Å². The molecule has 6 unspecified atom stereocenters. The molecule has 14 heteroatoms. The average Bonchev–Trinajstić information content (AvgIpc) is 2.86. The zero-order valence-electron chi connectivity index (χ0n) is 21.7. The quantitative estimate of drug-likeness (QED) is 0.134. The van der Waals surface area contributed by atoms with Crippen LogP contribution in [0.5, 0.6) is 5.75 Å². The van der Waals surface area contributed by atoms with Crippen LogP contribution in [0, 0.1) is 17.4 Å². The molecule has 1 aromatic rings. The molecule has 4 rings (SSSR count). The summed E-state index contributed by atoms with van der Waals surface area (Å²) in [5, 5.41) is 51.1. The normalized spacial score (nSPS) is 29.8. The molecule has 1 aromatic carbocycles. The molecule has 0 saturated heterocycles. The van der Waals surface area contributed by atoms with Crippen LogP contribution in [0.1, 0.15) is 30.9 Å². The largest absolute Gasteiger partial charge is 0.508 e. The van der Waals surface area contributed by atoms with E-state index in [1.807, 2.05) is 0 Å². The van der Waals surface area contributed by atoms with Crippen molar-refractivity contribution >= 4 is 34.9 Å². The maximum Gasteiger partial charge on any atom is 0.302 e. The number of esters is 1. The van der Waals surface area contributed by atoms with Gasteiger partial charge in [0.2, 0.25) is 10.7 Å². The second kappa shape index (κ2) is 9.42. The number of nitrogens with zero attached hydrogens (tertiary/aromatic N) is 3. The van der Waals surface area contributed by atoms with E-state index < -0.39 is 87.4 Å². The van der Waals surface area contributed by atoms with Crippen LogP contribution in [0.2, 0.25) is 0 Å². The van der Waals surface area contributed by atoms with Gasteiger partial charge in [-0.3, -0.25) is 24.1 Å². The van der Waals surface area contributed by atoms with Crippen LogP contribution in [0.4, 0.5) is 5.69 Å². The number of ketones is 2. The minimum atomic E-state index is -2.98. The van der Waals surface area contributed by atoms with Gasteiger partial charge in [-0.05, 0) is 31.6 Å². The third-order valence-electron chi connectivity index (χ3n) is 7.75. The second-order valence-corrected chi connectivity index (χ2v) is 9.95. The van der Waals surface area contributed by atoms with Crippen molar-refractivity contribution in [2.75, 3.05) is 21.1 Å². The van der Waals surface area contributed by atoms with Gasteiger partial charge in [0.1, 0.15) is 28.7 Å². The van der Waals surface area contributed by atoms with E-state index in [0.29, 0.717) is 5.56 Å². The number of aromatic hydroxyl groups is 1. The van der Waals surface area contributed by atoms with E-state index in [9.17, 15) is 39.6 Å². The number of hydrogen-bond donors (Lipinski definition) is 6. The Labute approximate surface area is 221 Å². The summed E-state index contributed by atoms with van der Waals surface area (Å²) in [6.45, 7) is 2.72. The SMILES string of the molecule is CNC(=O)C1=C(O)C2(O)C(=O)C3=C(O)c4c(ccc(N=[N+]=N)c4O)C(C)C3C(OC(C)=O)C2C(N(C)C)C1=O. The lowest BCUT2D eigenvalue weighted by molar-refractivity contribution is -0.184. The number of phenols is 1. The third kappa shape index (κ3) is 3.67. The lowest BCUT2D eigenvalue weighted by Crippen LogP contribution is -2.71. The lowest BCUT2D eigenvalue weighted by atomic mass is 9.54. The van der Waals surface area contributed by atoms with E-state index in [0.717, 1.165) is 6.92 Å². The summed E-state index contributed by atoms with van der Waals surface area (Å²) < 4.78 is 5.64. The molecule has 6 atom stereocenters. The molecule has 206 valence electrons. The summed E-state index contributed by atoms with van der Waals surface area (Å²) in [5.41, 5.74) is 2.58. The van der Waals surface area contributed by atoms with Crippen molar-refractivity contribution in [3.63, 3.8) is 0 Å². The maximum atomic E-state index is 14.2. The van der Waals surface area contributed by atoms with Gasteiger partial charge in [0.05, 0.1) is 17.5 Å². The van der Waals surface area contributed by atoms with E-state index in [-0.39, 0.29) is 11.3 Å². The number of hydrogen-bond acceptors (Lipinski definition) is 12. The van der Waals surface area contributed by atoms with Gasteiger partial charge in [-0.15, -0.1) is 0 Å². The average molecular weight is 543 g/mol. The number of aliphatic hydroxyl groups is 3. The Morgan fingerprint density at radius 1 is 1.21 bits per heavy atom. The van der Waals surface area contributed by atoms with Crippen LogP contribution in [-0.4, -0.2) is 87.7 Å². The first-order chi connectivity index (χ1) is 18.2. The minimum Gasteiger partial charge on any atom is -0.508 e. The molecule has 0 heterocycles. The summed E-state index contributed by atoms with van der Waals surface area (Å²) in [6.07, 6.45) is -1.45. The van der Waals surface area contributed by atoms with Gasteiger partial charge in [-0.25, -0.2) is 0 Å². The van der Waals surface area contributed by atoms with Crippen LogP contribution < -0.4 is 10.2 Å². The third-order valence-corrected chi connectivity index (χ3v) is 7.75. The van der Waals surface area contributed by atoms with Crippen LogP contribution in [-0.2, 0) is 23.9 Å². The Balaban J connectivity index is 2.13. The Morgan fingerprint density at radius 2 is 1.85 bits per heavy atom. The number of likely N-dealkylation sites (N-methyl/N-ethyl adjacent to an activating group) is 2. The van der Waals surface area contributed by atoms with Gasteiger partial charge in [0, 0.05) is 25.5 Å². The minimum absolute atomic E-state index is 0.182. The fraction of sp³-hybridized carbons (Fsp3) is 0.440. The van der Waals surface area contributed by atoms with Crippen molar-refractivity contribution in [2.24, 2.45) is 17.0 Å². The number of ether oxygens (including phenoxy) is 1. The highest BCUT2D eigenvalue weighted by Crippen LogP contribution is 2.57. The second-order valence-electron chi connectivity index (χ2n) is 9.95. The molecule has 0 spiro atoms. The fourth-order valence-electron chi connectivity index (χ4n) is 6.15. The molecule has 6 N–H and O–H groups in total. The van der Waals surface area contributed by atoms with Crippen molar-refractivity contribution in [2.45, 2.75) is 37.5 Å². The van der Waals surface area contributed by atoms with E-state index >= 15 is 0 Å². The predicted molar refractivity (Wildman–Crippen MR) is 132 cm³/mol. The van der Waals surface area contributed by atoms with E-state index in [2.05, 4.69) is 15.3 Å². The Bertz CT molecular complexity index is 1440. The zero-order valence-corrected chi connectivity index (χ0v) is 21.7. The smallest absolute Gasteiger partial charge is 0.302 e. The molecular formula is C25H28N5O9+. The van der Waals surface area contributed by atoms with Crippen LogP contribution in [0.15, 0.2) is 34.2 Å². The summed E-state index contributed by atoms with van der Waals surface area (Å²) >= 11 is 0. The molecule has 1 fully saturated rings. The highest BCUT2D eigenvalue weighted by Gasteiger charge is 2.69. The summed E-state index contributed by atoms with van der Waals surface area (Å²) in [5.74, 6) is -10.1. The number of benzene rings is 1. The van der Waals surface area contributed by atoms with Crippen LogP contribution in [0.25, 0.3) is 5.76 Å². The van der Waals surface area contributed by atoms with Crippen molar-refractivity contribution in [3.05, 3.63) is 40.2 Å². The van der Waals surface area contributed by atoms with Crippen molar-refractivity contribution in [3.8, 4) is 5.75 Å². The first-order valence-electron chi connectivity index (χ1n) is 11.9. The Morgan fingerprint density at radius 3 is 2.38 bits per heavy atom. The van der Waals surface area contributed by atoms with Crippen molar-refractivity contribution < 1.29 is 44.3 Å². The molecule has 39 heavy (non-hydrogen) atoms. The van der Waals surface area contributed by atoms with E-state index in [1.165, 1.54) is 38.2 Å². The number of amides is 1. The van der Waals surface area contributed by atoms with Gasteiger partial charge in [-0.2, -0.15) is 0 Å². The number of phenolic OH excluding ortho intramolecular Hbond substituents is 1.